The summed E-state index contributed by atoms with van der Waals surface area (Å²) in [4.78, 5) is 47.4. The van der Waals surface area contributed by atoms with Crippen LogP contribution in [0.15, 0.2) is 22.2 Å². The molecular weight excluding hydrogens is 336 g/mol. The van der Waals surface area contributed by atoms with Crippen molar-refractivity contribution in [3.8, 4) is 0 Å². The lowest BCUT2D eigenvalue weighted by Gasteiger charge is -2.45. The van der Waals surface area contributed by atoms with E-state index in [0.29, 0.717) is 11.3 Å². The molecule has 2 rings (SSSR count). The van der Waals surface area contributed by atoms with Crippen LogP contribution in [-0.2, 0) is 23.9 Å². The Morgan fingerprint density at radius 1 is 1.42 bits per heavy atom. The van der Waals surface area contributed by atoms with Crippen molar-refractivity contribution in [2.45, 2.75) is 39.3 Å². The van der Waals surface area contributed by atoms with Crippen molar-refractivity contribution < 1.29 is 29.0 Å². The highest BCUT2D eigenvalue weighted by Crippen LogP contribution is 2.47. The highest BCUT2D eigenvalue weighted by molar-refractivity contribution is 8.05. The number of aliphatic carboxylic acids is 1. The van der Waals surface area contributed by atoms with Crippen LogP contribution in [0.1, 0.15) is 27.2 Å². The molecule has 0 aliphatic carbocycles. The summed E-state index contributed by atoms with van der Waals surface area (Å²) >= 11 is 1.14. The standard InChI is InChI=1S/C15H18N2O6S/c1-7(23-9(3)19)12-10-6-11(24-5-4-16-8(2)18)13(15(21)22)17(10)14(12)20/h4-5,7,10,12H,6H2,1-3H3,(H,16,18)(H,21,22)/t7-,10+,12+/m0/s1. The van der Waals surface area contributed by atoms with Gasteiger partial charge in [0.05, 0.1) is 12.0 Å². The molecule has 2 heterocycles. The van der Waals surface area contributed by atoms with Gasteiger partial charge in [0.2, 0.25) is 11.8 Å². The van der Waals surface area contributed by atoms with Gasteiger partial charge in [0, 0.05) is 31.4 Å². The molecule has 0 bridgehead atoms. The number of hydrogen-bond acceptors (Lipinski definition) is 6. The minimum absolute atomic E-state index is 0.0475. The summed E-state index contributed by atoms with van der Waals surface area (Å²) in [5.41, 5.74) is -0.0475. The molecule has 0 aromatic carbocycles. The Labute approximate surface area is 142 Å². The van der Waals surface area contributed by atoms with Crippen LogP contribution in [0.2, 0.25) is 0 Å². The molecule has 2 N–H and O–H groups in total. The number of nitrogens with one attached hydrogen (secondary N) is 1. The Bertz CT molecular complexity index is 656. The monoisotopic (exact) mass is 354 g/mol. The highest BCUT2D eigenvalue weighted by Gasteiger charge is 2.57. The lowest BCUT2D eigenvalue weighted by Crippen LogP contribution is -2.62. The second-order valence-electron chi connectivity index (χ2n) is 5.52. The fourth-order valence-corrected chi connectivity index (χ4v) is 3.79. The first-order chi connectivity index (χ1) is 11.2. The minimum Gasteiger partial charge on any atom is -0.477 e. The normalized spacial score (nSPS) is 23.8. The SMILES string of the molecule is CC(=O)NC=CSC1=C(C(=O)O)N2C(=O)[C@H]([C@H](C)OC(C)=O)[C@H]2C1. The molecule has 0 saturated carbocycles. The Hall–Kier alpha value is -2.29. The average Bonchev–Trinajstić information content (AvgIpc) is 2.77. The first-order valence-electron chi connectivity index (χ1n) is 7.29. The van der Waals surface area contributed by atoms with E-state index in [2.05, 4.69) is 5.32 Å². The van der Waals surface area contributed by atoms with E-state index < -0.39 is 24.0 Å². The molecule has 24 heavy (non-hydrogen) atoms. The number of β-lactam (4-membered cyclic amide) rings is 1. The van der Waals surface area contributed by atoms with Crippen LogP contribution in [-0.4, -0.2) is 45.9 Å². The van der Waals surface area contributed by atoms with Crippen LogP contribution in [0, 0.1) is 5.92 Å². The van der Waals surface area contributed by atoms with Crippen LogP contribution in [0.3, 0.4) is 0 Å². The summed E-state index contributed by atoms with van der Waals surface area (Å²) in [7, 11) is 0. The molecule has 9 heteroatoms. The number of thioether (sulfide) groups is 1. The van der Waals surface area contributed by atoms with Crippen molar-refractivity contribution >= 4 is 35.5 Å². The number of nitrogens with zero attached hydrogens (tertiary/aromatic N) is 1. The smallest absolute Gasteiger partial charge is 0.353 e. The van der Waals surface area contributed by atoms with Gasteiger partial charge in [-0.2, -0.15) is 0 Å². The number of fused-ring (bicyclic) bond motifs is 1. The van der Waals surface area contributed by atoms with Gasteiger partial charge < -0.3 is 20.1 Å². The first kappa shape index (κ1) is 18.1. The van der Waals surface area contributed by atoms with Crippen molar-refractivity contribution in [3.63, 3.8) is 0 Å². The van der Waals surface area contributed by atoms with Gasteiger partial charge in [-0.05, 0) is 12.3 Å². The van der Waals surface area contributed by atoms with Crippen LogP contribution in [0.25, 0.3) is 0 Å². The minimum atomic E-state index is -1.18. The molecular formula is C15H18N2O6S. The van der Waals surface area contributed by atoms with E-state index >= 15 is 0 Å². The van der Waals surface area contributed by atoms with Gasteiger partial charge in [0.1, 0.15) is 11.8 Å². The van der Waals surface area contributed by atoms with Gasteiger partial charge in [-0.3, -0.25) is 14.4 Å². The second-order valence-corrected chi connectivity index (χ2v) is 6.52. The summed E-state index contributed by atoms with van der Waals surface area (Å²) in [5.74, 6) is -2.79. The lowest BCUT2D eigenvalue weighted by atomic mass is 9.83. The van der Waals surface area contributed by atoms with Gasteiger partial charge >= 0.3 is 11.9 Å². The maximum atomic E-state index is 12.3. The highest BCUT2D eigenvalue weighted by atomic mass is 32.2. The lowest BCUT2D eigenvalue weighted by molar-refractivity contribution is -0.169. The van der Waals surface area contributed by atoms with E-state index in [-0.39, 0.29) is 23.6 Å². The fraction of sp³-hybridized carbons (Fsp3) is 0.467. The third-order valence-electron chi connectivity index (χ3n) is 3.79. The number of hydrogen-bond donors (Lipinski definition) is 2. The fourth-order valence-electron chi connectivity index (χ4n) is 2.92. The quantitative estimate of drug-likeness (QED) is 0.536. The third-order valence-corrected chi connectivity index (χ3v) is 4.71. The number of carbonyl (C=O) groups is 4. The number of ether oxygens (including phenoxy) is 1. The molecule has 3 atom stereocenters. The third kappa shape index (κ3) is 3.45. The van der Waals surface area contributed by atoms with E-state index in [9.17, 15) is 24.3 Å². The van der Waals surface area contributed by atoms with E-state index in [1.54, 1.807) is 12.3 Å². The van der Waals surface area contributed by atoms with Crippen LogP contribution in [0.5, 0.6) is 0 Å². The second kappa shape index (κ2) is 7.08. The molecule has 2 aliphatic rings. The molecule has 0 radical (unpaired) electrons. The maximum Gasteiger partial charge on any atom is 0.353 e. The van der Waals surface area contributed by atoms with Crippen LogP contribution < -0.4 is 5.32 Å². The van der Waals surface area contributed by atoms with E-state index in [4.69, 9.17) is 4.74 Å². The van der Waals surface area contributed by atoms with Crippen molar-refractivity contribution in [2.24, 2.45) is 5.92 Å². The zero-order chi connectivity index (χ0) is 18.0. The zero-order valence-electron chi connectivity index (χ0n) is 13.4. The number of carboxylic acid groups (broad SMARTS) is 1. The molecule has 0 spiro atoms. The Morgan fingerprint density at radius 3 is 2.62 bits per heavy atom. The van der Waals surface area contributed by atoms with Crippen molar-refractivity contribution in [3.05, 3.63) is 22.2 Å². The van der Waals surface area contributed by atoms with Crippen LogP contribution in [0.4, 0.5) is 0 Å². The number of amides is 2. The predicted molar refractivity (Wildman–Crippen MR) is 85.2 cm³/mol. The average molecular weight is 354 g/mol. The number of carbonyl (C=O) groups excluding carboxylic acids is 3. The molecule has 2 amide bonds. The van der Waals surface area contributed by atoms with Gasteiger partial charge in [-0.25, -0.2) is 4.79 Å². The predicted octanol–water partition coefficient (Wildman–Crippen LogP) is 0.805. The first-order valence-corrected chi connectivity index (χ1v) is 8.17. The number of esters is 1. The topological polar surface area (TPSA) is 113 Å². The van der Waals surface area contributed by atoms with Gasteiger partial charge in [0.15, 0.2) is 0 Å². The molecule has 2 aliphatic heterocycles. The number of carboxylic acids is 1. The Kier molecular flexibility index (Phi) is 5.33. The molecule has 0 unspecified atom stereocenters. The molecule has 0 aromatic rings. The molecule has 0 aromatic heterocycles. The Balaban J connectivity index is 2.12. The Morgan fingerprint density at radius 2 is 2.08 bits per heavy atom. The zero-order valence-corrected chi connectivity index (χ0v) is 14.3. The summed E-state index contributed by atoms with van der Waals surface area (Å²) in [5, 5.41) is 13.4. The molecule has 1 fully saturated rings. The maximum absolute atomic E-state index is 12.3. The largest absolute Gasteiger partial charge is 0.477 e. The molecule has 130 valence electrons. The van der Waals surface area contributed by atoms with Crippen molar-refractivity contribution in [1.29, 1.82) is 0 Å². The van der Waals surface area contributed by atoms with Gasteiger partial charge in [-0.1, -0.05) is 11.8 Å². The summed E-state index contributed by atoms with van der Waals surface area (Å²) in [6.45, 7) is 4.25. The van der Waals surface area contributed by atoms with E-state index in [0.717, 1.165) is 11.8 Å². The summed E-state index contributed by atoms with van der Waals surface area (Å²) < 4.78 is 5.07. The molecule has 8 nitrogen and oxygen atoms in total. The van der Waals surface area contributed by atoms with Crippen LogP contribution >= 0.6 is 11.8 Å². The summed E-state index contributed by atoms with van der Waals surface area (Å²) in [6, 6.07) is -0.324. The van der Waals surface area contributed by atoms with Crippen molar-refractivity contribution in [1.82, 2.24) is 10.2 Å². The van der Waals surface area contributed by atoms with E-state index in [1.165, 1.54) is 24.9 Å². The van der Waals surface area contributed by atoms with Gasteiger partial charge in [-0.15, -0.1) is 0 Å². The van der Waals surface area contributed by atoms with Gasteiger partial charge in [0.25, 0.3) is 0 Å². The summed E-state index contributed by atoms with van der Waals surface area (Å²) in [6.07, 6.45) is 1.18. The number of rotatable bonds is 6. The van der Waals surface area contributed by atoms with Crippen molar-refractivity contribution in [2.75, 3.05) is 0 Å². The molecule has 1 saturated heterocycles. The van der Waals surface area contributed by atoms with E-state index in [1.807, 2.05) is 0 Å².